The minimum absolute atomic E-state index is 0.277. The van der Waals surface area contributed by atoms with Gasteiger partial charge in [-0.3, -0.25) is 4.90 Å². The summed E-state index contributed by atoms with van der Waals surface area (Å²) in [5.74, 6) is 0.946. The van der Waals surface area contributed by atoms with Crippen LogP contribution in [0.1, 0.15) is 30.9 Å². The largest absolute Gasteiger partial charge is 0.506 e. The number of para-hydroxylation sites is 1. The quantitative estimate of drug-likeness (QED) is 0.894. The molecule has 19 heavy (non-hydrogen) atoms. The van der Waals surface area contributed by atoms with E-state index in [4.69, 9.17) is 11.6 Å². The van der Waals surface area contributed by atoms with E-state index in [9.17, 15) is 5.11 Å². The van der Waals surface area contributed by atoms with Crippen molar-refractivity contribution < 1.29 is 5.11 Å². The standard InChI is InChI=1S/C15H21ClN2O/c16-13-6-2-5-12(15(13)19)14(11-3-1-4-11)18-9-7-17-8-10-18/h2,5-6,11,14,17,19H,1,3-4,7-10H2/t14-/m0/s1. The molecule has 4 heteroatoms. The maximum absolute atomic E-state index is 10.3. The topological polar surface area (TPSA) is 35.5 Å². The highest BCUT2D eigenvalue weighted by Gasteiger charge is 2.35. The van der Waals surface area contributed by atoms with Crippen molar-refractivity contribution in [3.05, 3.63) is 28.8 Å². The van der Waals surface area contributed by atoms with Crippen LogP contribution in [0.2, 0.25) is 5.02 Å². The molecule has 1 atom stereocenters. The van der Waals surface area contributed by atoms with Gasteiger partial charge in [0.1, 0.15) is 5.75 Å². The van der Waals surface area contributed by atoms with Crippen LogP contribution in [0.15, 0.2) is 18.2 Å². The Balaban J connectivity index is 1.91. The Bertz CT molecular complexity index is 442. The van der Waals surface area contributed by atoms with Gasteiger partial charge in [-0.1, -0.05) is 30.2 Å². The van der Waals surface area contributed by atoms with Crippen LogP contribution in [-0.4, -0.2) is 36.2 Å². The molecular formula is C15H21ClN2O. The summed E-state index contributed by atoms with van der Waals surface area (Å²) in [6.07, 6.45) is 3.84. The van der Waals surface area contributed by atoms with Gasteiger partial charge in [-0.25, -0.2) is 0 Å². The molecule has 104 valence electrons. The summed E-state index contributed by atoms with van der Waals surface area (Å²) < 4.78 is 0. The van der Waals surface area contributed by atoms with Crippen molar-refractivity contribution in [2.75, 3.05) is 26.2 Å². The molecule has 0 spiro atoms. The van der Waals surface area contributed by atoms with Crippen molar-refractivity contribution in [1.82, 2.24) is 10.2 Å². The number of hydrogen-bond donors (Lipinski definition) is 2. The predicted molar refractivity (Wildman–Crippen MR) is 77.6 cm³/mol. The molecule has 1 aliphatic heterocycles. The van der Waals surface area contributed by atoms with Gasteiger partial charge in [0.15, 0.2) is 0 Å². The molecule has 1 saturated heterocycles. The lowest BCUT2D eigenvalue weighted by atomic mass is 9.76. The Labute approximate surface area is 119 Å². The number of hydrogen-bond acceptors (Lipinski definition) is 3. The number of phenols is 1. The number of phenolic OH excluding ortho intramolecular Hbond substituents is 1. The van der Waals surface area contributed by atoms with E-state index >= 15 is 0 Å². The first-order valence-electron chi connectivity index (χ1n) is 7.19. The molecule has 1 aromatic carbocycles. The van der Waals surface area contributed by atoms with Gasteiger partial charge in [0.2, 0.25) is 0 Å². The average Bonchev–Trinajstić information content (AvgIpc) is 2.38. The zero-order chi connectivity index (χ0) is 13.2. The molecule has 3 nitrogen and oxygen atoms in total. The molecule has 0 bridgehead atoms. The van der Waals surface area contributed by atoms with Crippen molar-refractivity contribution in [2.45, 2.75) is 25.3 Å². The normalized spacial score (nSPS) is 23.0. The van der Waals surface area contributed by atoms with E-state index in [-0.39, 0.29) is 5.75 Å². The molecule has 0 amide bonds. The summed E-state index contributed by atoms with van der Waals surface area (Å²) in [5.41, 5.74) is 1.01. The average molecular weight is 281 g/mol. The van der Waals surface area contributed by atoms with Crippen molar-refractivity contribution in [3.8, 4) is 5.75 Å². The zero-order valence-electron chi connectivity index (χ0n) is 11.1. The molecule has 0 radical (unpaired) electrons. The van der Waals surface area contributed by atoms with Gasteiger partial charge in [-0.05, 0) is 24.8 Å². The summed E-state index contributed by atoms with van der Waals surface area (Å²) in [6, 6.07) is 6.07. The molecule has 1 heterocycles. The summed E-state index contributed by atoms with van der Waals surface area (Å²) in [6.45, 7) is 4.16. The van der Waals surface area contributed by atoms with Crippen LogP contribution >= 0.6 is 11.6 Å². The summed E-state index contributed by atoms with van der Waals surface area (Å²) in [5, 5.41) is 14.2. The number of aromatic hydroxyl groups is 1. The molecule has 3 rings (SSSR count). The first kappa shape index (κ1) is 13.2. The van der Waals surface area contributed by atoms with Crippen LogP contribution in [0.5, 0.6) is 5.75 Å². The minimum Gasteiger partial charge on any atom is -0.506 e. The maximum atomic E-state index is 10.3. The highest BCUT2D eigenvalue weighted by Crippen LogP contribution is 2.45. The number of halogens is 1. The minimum atomic E-state index is 0.277. The molecule has 2 aliphatic rings. The third kappa shape index (κ3) is 2.60. The molecule has 0 unspecified atom stereocenters. The Kier molecular flexibility index (Phi) is 3.96. The van der Waals surface area contributed by atoms with Crippen molar-refractivity contribution in [1.29, 1.82) is 0 Å². The van der Waals surface area contributed by atoms with Crippen LogP contribution in [0.4, 0.5) is 0 Å². The van der Waals surface area contributed by atoms with E-state index < -0.39 is 0 Å². The first-order valence-corrected chi connectivity index (χ1v) is 7.57. The monoisotopic (exact) mass is 280 g/mol. The zero-order valence-corrected chi connectivity index (χ0v) is 11.9. The highest BCUT2D eigenvalue weighted by atomic mass is 35.5. The third-order valence-corrected chi connectivity index (χ3v) is 4.78. The van der Waals surface area contributed by atoms with Gasteiger partial charge < -0.3 is 10.4 Å². The predicted octanol–water partition coefficient (Wildman–Crippen LogP) is 2.79. The second-order valence-electron chi connectivity index (χ2n) is 5.60. The van der Waals surface area contributed by atoms with Crippen LogP contribution in [-0.2, 0) is 0 Å². The van der Waals surface area contributed by atoms with Gasteiger partial charge in [0.25, 0.3) is 0 Å². The lowest BCUT2D eigenvalue weighted by Crippen LogP contribution is -2.47. The molecule has 1 saturated carbocycles. The van der Waals surface area contributed by atoms with Crippen LogP contribution < -0.4 is 5.32 Å². The van der Waals surface area contributed by atoms with Gasteiger partial charge in [0, 0.05) is 37.8 Å². The Morgan fingerprint density at radius 1 is 1.26 bits per heavy atom. The summed E-state index contributed by atoms with van der Waals surface area (Å²) in [7, 11) is 0. The lowest BCUT2D eigenvalue weighted by Gasteiger charge is -2.43. The van der Waals surface area contributed by atoms with E-state index in [1.54, 1.807) is 6.07 Å². The fourth-order valence-corrected chi connectivity index (χ4v) is 3.42. The van der Waals surface area contributed by atoms with Gasteiger partial charge in [-0.15, -0.1) is 0 Å². The number of benzene rings is 1. The van der Waals surface area contributed by atoms with E-state index in [1.807, 2.05) is 12.1 Å². The van der Waals surface area contributed by atoms with E-state index in [0.29, 0.717) is 17.0 Å². The fourth-order valence-electron chi connectivity index (χ4n) is 3.24. The maximum Gasteiger partial charge on any atom is 0.138 e. The Morgan fingerprint density at radius 2 is 2.00 bits per heavy atom. The second-order valence-corrected chi connectivity index (χ2v) is 6.01. The van der Waals surface area contributed by atoms with Gasteiger partial charge >= 0.3 is 0 Å². The fraction of sp³-hybridized carbons (Fsp3) is 0.600. The lowest BCUT2D eigenvalue weighted by molar-refractivity contribution is 0.0819. The van der Waals surface area contributed by atoms with Crippen LogP contribution in [0.3, 0.4) is 0 Å². The van der Waals surface area contributed by atoms with Crippen LogP contribution in [0.25, 0.3) is 0 Å². The van der Waals surface area contributed by atoms with Gasteiger partial charge in [0.05, 0.1) is 5.02 Å². The molecular weight excluding hydrogens is 260 g/mol. The number of rotatable bonds is 3. The van der Waals surface area contributed by atoms with Crippen molar-refractivity contribution in [3.63, 3.8) is 0 Å². The summed E-state index contributed by atoms with van der Waals surface area (Å²) in [4.78, 5) is 2.51. The third-order valence-electron chi connectivity index (χ3n) is 4.48. The number of nitrogens with one attached hydrogen (secondary N) is 1. The van der Waals surface area contributed by atoms with E-state index in [1.165, 1.54) is 19.3 Å². The summed E-state index contributed by atoms with van der Waals surface area (Å²) >= 11 is 6.08. The SMILES string of the molecule is Oc1c(Cl)cccc1[C@H](C1CCC1)N1CCNCC1. The first-order chi connectivity index (χ1) is 9.27. The number of nitrogens with zero attached hydrogens (tertiary/aromatic N) is 1. The van der Waals surface area contributed by atoms with Crippen molar-refractivity contribution >= 4 is 11.6 Å². The molecule has 1 aliphatic carbocycles. The van der Waals surface area contributed by atoms with E-state index in [0.717, 1.165) is 31.7 Å². The smallest absolute Gasteiger partial charge is 0.138 e. The molecule has 1 aromatic rings. The molecule has 0 aromatic heterocycles. The van der Waals surface area contributed by atoms with Gasteiger partial charge in [-0.2, -0.15) is 0 Å². The second kappa shape index (κ2) is 5.70. The van der Waals surface area contributed by atoms with Crippen LogP contribution in [0, 0.1) is 5.92 Å². The van der Waals surface area contributed by atoms with E-state index in [2.05, 4.69) is 10.2 Å². The highest BCUT2D eigenvalue weighted by molar-refractivity contribution is 6.32. The molecule has 2 N–H and O–H groups in total. The number of piperazine rings is 1. The molecule has 2 fully saturated rings. The Morgan fingerprint density at radius 3 is 2.63 bits per heavy atom. The van der Waals surface area contributed by atoms with Crippen molar-refractivity contribution in [2.24, 2.45) is 5.92 Å². The Hall–Kier alpha value is -0.770.